The van der Waals surface area contributed by atoms with Crippen LogP contribution in [0.15, 0.2) is 18.2 Å². The number of para-hydroxylation sites is 1. The minimum Gasteiger partial charge on any atom is -0.493 e. The molecule has 0 radical (unpaired) electrons. The molecule has 0 N–H and O–H groups in total. The molecule has 76 valence electrons. The lowest BCUT2D eigenvalue weighted by Crippen LogP contribution is -2.05. The van der Waals surface area contributed by atoms with Crippen molar-refractivity contribution in [1.82, 2.24) is 0 Å². The third kappa shape index (κ3) is 2.05. The molecule has 0 spiro atoms. The van der Waals surface area contributed by atoms with Gasteiger partial charge >= 0.3 is 7.80 Å². The van der Waals surface area contributed by atoms with Crippen LogP contribution in [0.4, 0.5) is 0 Å². The Morgan fingerprint density at radius 2 is 2.00 bits per heavy atom. The first-order valence-corrected chi connectivity index (χ1v) is 5.84. The van der Waals surface area contributed by atoms with Gasteiger partial charge in [-0.3, -0.25) is 0 Å². The van der Waals surface area contributed by atoms with E-state index in [-0.39, 0.29) is 0 Å². The summed E-state index contributed by atoms with van der Waals surface area (Å²) in [5.74, 6) is 1.21. The molecule has 0 saturated heterocycles. The summed E-state index contributed by atoms with van der Waals surface area (Å²) in [6, 6.07) is 5.42. The average molecular weight is 213 g/mol. The van der Waals surface area contributed by atoms with Crippen LogP contribution in [0.2, 0.25) is 0 Å². The molecular formula is C10H14O3P+. The molecule has 4 heteroatoms. The molecule has 0 aliphatic carbocycles. The van der Waals surface area contributed by atoms with Gasteiger partial charge in [0.1, 0.15) is 6.16 Å². The molecule has 0 saturated carbocycles. The van der Waals surface area contributed by atoms with Crippen LogP contribution in [0, 0.1) is 0 Å². The van der Waals surface area contributed by atoms with E-state index in [0.29, 0.717) is 17.7 Å². The van der Waals surface area contributed by atoms with Gasteiger partial charge in [0.25, 0.3) is 0 Å². The summed E-state index contributed by atoms with van der Waals surface area (Å²) in [7, 11) is 1.75. The molecule has 0 aliphatic heterocycles. The first-order valence-electron chi connectivity index (χ1n) is 4.40. The fraction of sp³-hybridized carbons (Fsp3) is 0.400. The van der Waals surface area contributed by atoms with Crippen molar-refractivity contribution in [2.75, 3.05) is 20.4 Å². The highest BCUT2D eigenvalue weighted by molar-refractivity contribution is 7.53. The second-order valence-electron chi connectivity index (χ2n) is 2.71. The van der Waals surface area contributed by atoms with E-state index in [0.717, 1.165) is 5.30 Å². The fourth-order valence-corrected chi connectivity index (χ4v) is 2.26. The second-order valence-corrected chi connectivity index (χ2v) is 4.58. The third-order valence-electron chi connectivity index (χ3n) is 1.94. The quantitative estimate of drug-likeness (QED) is 0.719. The molecule has 0 bridgehead atoms. The molecule has 1 atom stereocenters. The van der Waals surface area contributed by atoms with Crippen molar-refractivity contribution in [1.29, 1.82) is 0 Å². The number of hydrogen-bond acceptors (Lipinski definition) is 3. The van der Waals surface area contributed by atoms with Crippen LogP contribution in [0.3, 0.4) is 0 Å². The van der Waals surface area contributed by atoms with Crippen molar-refractivity contribution < 1.29 is 14.0 Å². The highest BCUT2D eigenvalue weighted by Gasteiger charge is 2.24. The molecule has 0 heterocycles. The lowest BCUT2D eigenvalue weighted by atomic mass is 10.3. The Kier molecular flexibility index (Phi) is 3.90. The number of rotatable bonds is 4. The number of benzene rings is 1. The normalized spacial score (nSPS) is 10.9. The van der Waals surface area contributed by atoms with Crippen LogP contribution in [0.25, 0.3) is 0 Å². The maximum absolute atomic E-state index is 11.7. The smallest absolute Gasteiger partial charge is 0.380 e. The highest BCUT2D eigenvalue weighted by atomic mass is 31.1. The summed E-state index contributed by atoms with van der Waals surface area (Å²) < 4.78 is 22.0. The van der Waals surface area contributed by atoms with E-state index in [1.165, 1.54) is 0 Å². The van der Waals surface area contributed by atoms with Gasteiger partial charge in [0, 0.05) is 0 Å². The summed E-state index contributed by atoms with van der Waals surface area (Å²) in [5, 5.41) is 0.726. The van der Waals surface area contributed by atoms with Gasteiger partial charge in [-0.15, -0.1) is 0 Å². The zero-order valence-electron chi connectivity index (χ0n) is 8.61. The van der Waals surface area contributed by atoms with Crippen LogP contribution < -0.4 is 14.8 Å². The Balaban J connectivity index is 3.21. The third-order valence-corrected chi connectivity index (χ3v) is 3.40. The maximum atomic E-state index is 11.7. The zero-order valence-corrected chi connectivity index (χ0v) is 9.51. The molecule has 1 unspecified atom stereocenters. The SMILES string of the molecule is CC[P+](=O)c1cccc(OC)c1OC. The second kappa shape index (κ2) is 4.97. The lowest BCUT2D eigenvalue weighted by Gasteiger charge is -2.06. The first-order chi connectivity index (χ1) is 6.74. The summed E-state index contributed by atoms with van der Waals surface area (Å²) >= 11 is 0. The number of hydrogen-bond donors (Lipinski definition) is 0. The van der Waals surface area contributed by atoms with E-state index < -0.39 is 7.80 Å². The first kappa shape index (κ1) is 11.0. The summed E-state index contributed by atoms with van der Waals surface area (Å²) in [5.41, 5.74) is 0. The summed E-state index contributed by atoms with van der Waals surface area (Å²) in [6.45, 7) is 1.89. The van der Waals surface area contributed by atoms with Crippen molar-refractivity contribution in [2.24, 2.45) is 0 Å². The van der Waals surface area contributed by atoms with Gasteiger partial charge in [-0.2, -0.15) is 0 Å². The van der Waals surface area contributed by atoms with Crippen molar-refractivity contribution in [3.8, 4) is 11.5 Å². The Labute approximate surface area is 84.8 Å². The predicted octanol–water partition coefficient (Wildman–Crippen LogP) is 2.18. The van der Waals surface area contributed by atoms with E-state index in [9.17, 15) is 4.57 Å². The topological polar surface area (TPSA) is 35.5 Å². The summed E-state index contributed by atoms with van der Waals surface area (Å²) in [6.07, 6.45) is 0.610. The molecule has 0 aromatic heterocycles. The standard InChI is InChI=1S/C10H14O3P/c1-4-14(11)9-7-5-6-8(12-2)10(9)13-3/h5-7H,4H2,1-3H3/q+1. The van der Waals surface area contributed by atoms with E-state index in [1.54, 1.807) is 20.3 Å². The van der Waals surface area contributed by atoms with Gasteiger partial charge in [-0.25, -0.2) is 0 Å². The van der Waals surface area contributed by atoms with Gasteiger partial charge in [0.05, 0.1) is 14.2 Å². The van der Waals surface area contributed by atoms with Gasteiger partial charge < -0.3 is 9.47 Å². The molecule has 3 nitrogen and oxygen atoms in total. The molecule has 1 aromatic carbocycles. The molecule has 0 fully saturated rings. The highest BCUT2D eigenvalue weighted by Crippen LogP contribution is 2.32. The van der Waals surface area contributed by atoms with Gasteiger partial charge in [0.2, 0.25) is 11.1 Å². The average Bonchev–Trinajstić information content (AvgIpc) is 2.26. The van der Waals surface area contributed by atoms with E-state index >= 15 is 0 Å². The van der Waals surface area contributed by atoms with Crippen molar-refractivity contribution in [2.45, 2.75) is 6.92 Å². The van der Waals surface area contributed by atoms with Gasteiger partial charge in [0.15, 0.2) is 5.75 Å². The van der Waals surface area contributed by atoms with Crippen molar-refractivity contribution >= 4 is 13.1 Å². The largest absolute Gasteiger partial charge is 0.493 e. The lowest BCUT2D eigenvalue weighted by molar-refractivity contribution is 0.357. The minimum atomic E-state index is -1.38. The maximum Gasteiger partial charge on any atom is 0.380 e. The van der Waals surface area contributed by atoms with Gasteiger partial charge in [-0.1, -0.05) is 10.6 Å². The fourth-order valence-electron chi connectivity index (χ4n) is 1.24. The zero-order chi connectivity index (χ0) is 10.6. The van der Waals surface area contributed by atoms with Crippen LogP contribution in [-0.4, -0.2) is 20.4 Å². The Morgan fingerprint density at radius 1 is 1.29 bits per heavy atom. The predicted molar refractivity (Wildman–Crippen MR) is 57.3 cm³/mol. The monoisotopic (exact) mass is 213 g/mol. The number of ether oxygens (including phenoxy) is 2. The Morgan fingerprint density at radius 3 is 2.50 bits per heavy atom. The minimum absolute atomic E-state index is 0.581. The number of methoxy groups -OCH3 is 2. The molecule has 0 amide bonds. The Bertz CT molecular complexity index is 336. The van der Waals surface area contributed by atoms with Crippen molar-refractivity contribution in [3.05, 3.63) is 18.2 Å². The van der Waals surface area contributed by atoms with E-state index in [1.807, 2.05) is 19.1 Å². The van der Waals surface area contributed by atoms with Gasteiger partial charge in [-0.05, 0) is 19.1 Å². The van der Waals surface area contributed by atoms with Crippen molar-refractivity contribution in [3.63, 3.8) is 0 Å². The van der Waals surface area contributed by atoms with E-state index in [4.69, 9.17) is 9.47 Å². The van der Waals surface area contributed by atoms with E-state index in [2.05, 4.69) is 0 Å². The van der Waals surface area contributed by atoms with Crippen LogP contribution in [-0.2, 0) is 4.57 Å². The molecule has 0 aliphatic rings. The van der Waals surface area contributed by atoms with Crippen LogP contribution in [0.1, 0.15) is 6.92 Å². The molecular weight excluding hydrogens is 199 g/mol. The molecule has 1 rings (SSSR count). The van der Waals surface area contributed by atoms with Crippen LogP contribution in [0.5, 0.6) is 11.5 Å². The molecule has 14 heavy (non-hydrogen) atoms. The summed E-state index contributed by atoms with van der Waals surface area (Å²) in [4.78, 5) is 0. The Hall–Kier alpha value is -1.08. The molecule has 1 aromatic rings. The van der Waals surface area contributed by atoms with Crippen LogP contribution >= 0.6 is 7.80 Å².